The minimum Gasteiger partial charge on any atom is -0.481 e. The van der Waals surface area contributed by atoms with Gasteiger partial charge in [0, 0.05) is 12.1 Å². The van der Waals surface area contributed by atoms with Crippen LogP contribution in [0.25, 0.3) is 0 Å². The van der Waals surface area contributed by atoms with E-state index < -0.39 is 17.5 Å². The van der Waals surface area contributed by atoms with Crippen molar-refractivity contribution < 1.29 is 22.6 Å². The quantitative estimate of drug-likeness (QED) is 0.860. The van der Waals surface area contributed by atoms with Gasteiger partial charge in [-0.25, -0.2) is 23.1 Å². The molecule has 0 atom stereocenters. The monoisotopic (exact) mass is 299 g/mol. The van der Waals surface area contributed by atoms with Gasteiger partial charge >= 0.3 is 0 Å². The first kappa shape index (κ1) is 14.9. The molecule has 0 fully saturated rings. The molecule has 112 valence electrons. The Morgan fingerprint density at radius 1 is 0.952 bits per heavy atom. The number of nitrogens with one attached hydrogen (secondary N) is 1. The fraction of sp³-hybridized carbons (Fsp3) is 0.231. The van der Waals surface area contributed by atoms with Gasteiger partial charge in [-0.2, -0.15) is 0 Å². The van der Waals surface area contributed by atoms with Crippen molar-refractivity contribution in [1.29, 1.82) is 0 Å². The molecule has 0 saturated carbocycles. The van der Waals surface area contributed by atoms with Crippen LogP contribution in [0.4, 0.5) is 18.9 Å². The predicted molar refractivity (Wildman–Crippen MR) is 68.8 cm³/mol. The van der Waals surface area contributed by atoms with Crippen LogP contribution < -0.4 is 14.8 Å². The van der Waals surface area contributed by atoms with E-state index in [-0.39, 0.29) is 24.0 Å². The van der Waals surface area contributed by atoms with Crippen LogP contribution in [0.3, 0.4) is 0 Å². The second-order valence-electron chi connectivity index (χ2n) is 3.97. The molecule has 1 N–H and O–H groups in total. The Morgan fingerprint density at radius 2 is 1.52 bits per heavy atom. The zero-order chi connectivity index (χ0) is 15.4. The van der Waals surface area contributed by atoms with Gasteiger partial charge in [0.1, 0.15) is 12.1 Å². The van der Waals surface area contributed by atoms with Crippen LogP contribution in [0.2, 0.25) is 0 Å². The minimum atomic E-state index is -1.25. The maximum Gasteiger partial charge on any atom is 0.225 e. The number of anilines is 1. The van der Waals surface area contributed by atoms with E-state index in [1.807, 2.05) is 0 Å². The highest BCUT2D eigenvalue weighted by molar-refractivity contribution is 5.47. The molecule has 0 saturated heterocycles. The molecule has 2 rings (SSSR count). The van der Waals surface area contributed by atoms with Crippen LogP contribution in [0.15, 0.2) is 18.5 Å². The van der Waals surface area contributed by atoms with Crippen molar-refractivity contribution in [3.63, 3.8) is 0 Å². The van der Waals surface area contributed by atoms with Gasteiger partial charge in [-0.05, 0) is 0 Å². The average Bonchev–Trinajstić information content (AvgIpc) is 2.49. The third kappa shape index (κ3) is 3.15. The highest BCUT2D eigenvalue weighted by Crippen LogP contribution is 2.25. The van der Waals surface area contributed by atoms with Crippen LogP contribution in [0.1, 0.15) is 5.56 Å². The van der Waals surface area contributed by atoms with Crippen molar-refractivity contribution in [2.24, 2.45) is 0 Å². The molecule has 0 unspecified atom stereocenters. The fourth-order valence-corrected chi connectivity index (χ4v) is 1.73. The summed E-state index contributed by atoms with van der Waals surface area (Å²) in [5.41, 5.74) is 0.230. The first-order valence-electron chi connectivity index (χ1n) is 5.87. The zero-order valence-corrected chi connectivity index (χ0v) is 11.3. The molecule has 0 bridgehead atoms. The lowest BCUT2D eigenvalue weighted by molar-refractivity contribution is 0.363. The molecular weight excluding hydrogens is 287 g/mol. The number of hydrogen-bond acceptors (Lipinski definition) is 5. The van der Waals surface area contributed by atoms with Gasteiger partial charge in [-0.1, -0.05) is 0 Å². The lowest BCUT2D eigenvalue weighted by atomic mass is 10.2. The number of methoxy groups -OCH3 is 2. The first-order chi connectivity index (χ1) is 10.1. The molecule has 0 aliphatic heterocycles. The van der Waals surface area contributed by atoms with Gasteiger partial charge in [-0.3, -0.25) is 0 Å². The van der Waals surface area contributed by atoms with Crippen LogP contribution in [0, 0.1) is 17.5 Å². The molecule has 0 aliphatic carbocycles. The number of aromatic nitrogens is 2. The maximum absolute atomic E-state index is 13.5. The summed E-state index contributed by atoms with van der Waals surface area (Å²) < 4.78 is 49.6. The summed E-state index contributed by atoms with van der Waals surface area (Å²) in [5.74, 6) is -2.85. The van der Waals surface area contributed by atoms with E-state index in [2.05, 4.69) is 15.3 Å². The number of ether oxygens (including phenoxy) is 2. The smallest absolute Gasteiger partial charge is 0.225 e. The Hall–Kier alpha value is -2.51. The van der Waals surface area contributed by atoms with Crippen LogP contribution in [0.5, 0.6) is 11.8 Å². The highest BCUT2D eigenvalue weighted by atomic mass is 19.2. The van der Waals surface area contributed by atoms with E-state index in [1.165, 1.54) is 20.5 Å². The Kier molecular flexibility index (Phi) is 4.46. The van der Waals surface area contributed by atoms with E-state index in [1.54, 1.807) is 0 Å². The number of hydrogen-bond donors (Lipinski definition) is 1. The van der Waals surface area contributed by atoms with Gasteiger partial charge in [0.25, 0.3) is 0 Å². The van der Waals surface area contributed by atoms with Gasteiger partial charge < -0.3 is 14.8 Å². The summed E-state index contributed by atoms with van der Waals surface area (Å²) in [6, 6.07) is 1.20. The second-order valence-corrected chi connectivity index (χ2v) is 3.97. The molecule has 0 aliphatic rings. The van der Waals surface area contributed by atoms with E-state index in [9.17, 15) is 13.2 Å². The summed E-state index contributed by atoms with van der Waals surface area (Å²) in [4.78, 5) is 7.78. The van der Waals surface area contributed by atoms with Gasteiger partial charge in [-0.15, -0.1) is 0 Å². The Bertz CT molecular complexity index is 631. The Labute approximate surface area is 118 Å². The van der Waals surface area contributed by atoms with Crippen LogP contribution in [-0.4, -0.2) is 24.2 Å². The molecule has 1 aromatic heterocycles. The summed E-state index contributed by atoms with van der Waals surface area (Å²) in [6.07, 6.45) is 1.25. The van der Waals surface area contributed by atoms with Crippen molar-refractivity contribution in [2.45, 2.75) is 6.54 Å². The number of nitrogens with zero attached hydrogens (tertiary/aromatic N) is 2. The molecule has 21 heavy (non-hydrogen) atoms. The maximum atomic E-state index is 13.5. The Morgan fingerprint density at radius 3 is 2.10 bits per heavy atom. The fourth-order valence-electron chi connectivity index (χ4n) is 1.73. The van der Waals surface area contributed by atoms with Crippen molar-refractivity contribution in [1.82, 2.24) is 9.97 Å². The lowest BCUT2D eigenvalue weighted by Gasteiger charge is -2.13. The zero-order valence-electron chi connectivity index (χ0n) is 11.3. The van der Waals surface area contributed by atoms with Crippen molar-refractivity contribution in [3.8, 4) is 11.8 Å². The third-order valence-electron chi connectivity index (χ3n) is 2.72. The van der Waals surface area contributed by atoms with E-state index in [0.29, 0.717) is 11.6 Å². The number of rotatable bonds is 5. The van der Waals surface area contributed by atoms with Gasteiger partial charge in [0.15, 0.2) is 11.6 Å². The molecular formula is C13H12F3N3O2. The van der Waals surface area contributed by atoms with E-state index >= 15 is 0 Å². The molecule has 8 heteroatoms. The molecule has 2 aromatic rings. The first-order valence-corrected chi connectivity index (χ1v) is 5.87. The topological polar surface area (TPSA) is 56.3 Å². The van der Waals surface area contributed by atoms with Gasteiger partial charge in [0.05, 0.1) is 32.0 Å². The third-order valence-corrected chi connectivity index (χ3v) is 2.72. The standard InChI is InChI=1S/C13H12F3N3O2/c1-20-12-7(13(21-2)19-6-18-12)5-17-11-4-9(15)8(14)3-10(11)16/h3-4,6,17H,5H2,1-2H3. The largest absolute Gasteiger partial charge is 0.481 e. The SMILES string of the molecule is COc1ncnc(OC)c1CNc1cc(F)c(F)cc1F. The van der Waals surface area contributed by atoms with Crippen molar-refractivity contribution in [3.05, 3.63) is 41.5 Å². The molecule has 0 spiro atoms. The van der Waals surface area contributed by atoms with E-state index in [4.69, 9.17) is 9.47 Å². The molecule has 1 heterocycles. The second kappa shape index (κ2) is 6.29. The number of benzene rings is 1. The van der Waals surface area contributed by atoms with Crippen LogP contribution in [-0.2, 0) is 6.54 Å². The normalized spacial score (nSPS) is 10.3. The molecule has 1 aromatic carbocycles. The summed E-state index contributed by atoms with van der Waals surface area (Å²) in [5, 5.41) is 2.63. The lowest BCUT2D eigenvalue weighted by Crippen LogP contribution is -2.08. The predicted octanol–water partition coefficient (Wildman–Crippen LogP) is 2.52. The van der Waals surface area contributed by atoms with E-state index in [0.717, 1.165) is 6.07 Å². The highest BCUT2D eigenvalue weighted by Gasteiger charge is 2.15. The minimum absolute atomic E-state index is 0.00911. The summed E-state index contributed by atoms with van der Waals surface area (Å²) in [7, 11) is 2.81. The molecule has 0 radical (unpaired) electrons. The van der Waals surface area contributed by atoms with Gasteiger partial charge in [0.2, 0.25) is 11.8 Å². The summed E-state index contributed by atoms with van der Waals surface area (Å²) in [6.45, 7) is 0.00911. The van der Waals surface area contributed by atoms with Crippen LogP contribution >= 0.6 is 0 Å². The van der Waals surface area contributed by atoms with Crippen molar-refractivity contribution in [2.75, 3.05) is 19.5 Å². The molecule has 5 nitrogen and oxygen atoms in total. The average molecular weight is 299 g/mol. The summed E-state index contributed by atoms with van der Waals surface area (Å²) >= 11 is 0. The number of halogens is 3. The van der Waals surface area contributed by atoms with Crippen molar-refractivity contribution >= 4 is 5.69 Å². The Balaban J connectivity index is 2.26. The molecule has 0 amide bonds.